The van der Waals surface area contributed by atoms with Crippen LogP contribution in [0.3, 0.4) is 0 Å². The second-order valence-corrected chi connectivity index (χ2v) is 13.7. The minimum Gasteiger partial charge on any atom is -0.507 e. The highest BCUT2D eigenvalue weighted by Crippen LogP contribution is 2.45. The van der Waals surface area contributed by atoms with Crippen LogP contribution >= 0.6 is 0 Å². The molecule has 4 nitrogen and oxygen atoms in total. The van der Waals surface area contributed by atoms with Crippen molar-refractivity contribution in [3.8, 4) is 22.6 Å². The fourth-order valence-corrected chi connectivity index (χ4v) is 6.25. The van der Waals surface area contributed by atoms with Crippen LogP contribution in [0, 0.1) is 5.41 Å². The summed E-state index contributed by atoms with van der Waals surface area (Å²) in [4.78, 5) is 1.39. The minimum atomic E-state index is -4.49. The molecule has 7 heteroatoms. The van der Waals surface area contributed by atoms with Crippen LogP contribution in [-0.4, -0.2) is 20.1 Å². The summed E-state index contributed by atoms with van der Waals surface area (Å²) in [6.07, 6.45) is -3.59. The summed E-state index contributed by atoms with van der Waals surface area (Å²) in [5.41, 5.74) is 3.76. The van der Waals surface area contributed by atoms with Crippen LogP contribution in [0.2, 0.25) is 0 Å². The molecule has 0 amide bonds. The fourth-order valence-electron chi connectivity index (χ4n) is 6.25. The first kappa shape index (κ1) is 30.3. The molecule has 0 atom stereocenters. The number of halogens is 3. The van der Waals surface area contributed by atoms with E-state index in [1.54, 1.807) is 0 Å². The molecule has 224 valence electrons. The van der Waals surface area contributed by atoms with Crippen molar-refractivity contribution in [3.05, 3.63) is 107 Å². The molecule has 0 aliphatic carbocycles. The van der Waals surface area contributed by atoms with Gasteiger partial charge < -0.3 is 5.11 Å². The van der Waals surface area contributed by atoms with Crippen molar-refractivity contribution in [3.63, 3.8) is 0 Å². The van der Waals surface area contributed by atoms with Crippen molar-refractivity contribution in [1.29, 1.82) is 0 Å². The first-order valence-electron chi connectivity index (χ1n) is 14.4. The fraction of sp³-hybridized carbons (Fsp3) is 0.333. The Hall–Kier alpha value is -4.13. The summed E-state index contributed by atoms with van der Waals surface area (Å²) in [5.74, 6) is 0.135. The highest BCUT2D eigenvalue weighted by molar-refractivity contribution is 5.81. The number of para-hydroxylation sites is 1. The molecule has 5 aromatic rings. The van der Waals surface area contributed by atoms with E-state index in [1.807, 2.05) is 60.7 Å². The lowest BCUT2D eigenvalue weighted by atomic mass is 9.72. The summed E-state index contributed by atoms with van der Waals surface area (Å²) in [6, 6.07) is 25.1. The van der Waals surface area contributed by atoms with Gasteiger partial charge in [-0.15, -0.1) is 15.0 Å². The number of hydrogen-bond donors (Lipinski definition) is 1. The molecule has 0 aliphatic rings. The van der Waals surface area contributed by atoms with Crippen molar-refractivity contribution in [2.45, 2.75) is 71.9 Å². The highest BCUT2D eigenvalue weighted by atomic mass is 19.4. The maximum Gasteiger partial charge on any atom is 0.416 e. The van der Waals surface area contributed by atoms with Gasteiger partial charge in [-0.05, 0) is 52.6 Å². The van der Waals surface area contributed by atoms with Gasteiger partial charge >= 0.3 is 6.18 Å². The normalized spacial score (nSPS) is 13.1. The van der Waals surface area contributed by atoms with Gasteiger partial charge in [-0.2, -0.15) is 13.2 Å². The number of phenols is 1. The topological polar surface area (TPSA) is 50.9 Å². The summed E-state index contributed by atoms with van der Waals surface area (Å²) in [7, 11) is 0. The molecule has 1 aromatic heterocycles. The molecule has 0 bridgehead atoms. The number of aromatic hydroxyl groups is 1. The molecule has 0 aliphatic heterocycles. The average Bonchev–Trinajstić information content (AvgIpc) is 3.35. The van der Waals surface area contributed by atoms with Crippen molar-refractivity contribution < 1.29 is 18.3 Å². The van der Waals surface area contributed by atoms with Gasteiger partial charge in [-0.3, -0.25) is 0 Å². The summed E-state index contributed by atoms with van der Waals surface area (Å²) in [6.45, 7) is 15.1. The van der Waals surface area contributed by atoms with Gasteiger partial charge in [0.25, 0.3) is 0 Å². The molecule has 0 unspecified atom stereocenters. The lowest BCUT2D eigenvalue weighted by Gasteiger charge is -2.33. The van der Waals surface area contributed by atoms with E-state index in [2.05, 4.69) is 64.7 Å². The monoisotopic (exact) mass is 585 g/mol. The van der Waals surface area contributed by atoms with E-state index >= 15 is 0 Å². The number of alkyl halides is 3. The van der Waals surface area contributed by atoms with Crippen molar-refractivity contribution in [1.82, 2.24) is 15.0 Å². The van der Waals surface area contributed by atoms with Gasteiger partial charge in [-0.1, -0.05) is 109 Å². The number of nitrogens with zero attached hydrogens (tertiary/aromatic N) is 3. The SMILES string of the molecule is CC(C)(C)CC(C)(C)c1ccc(-c2cccc(C(C)(C)c3ccccc3)c2O)c(-n2nc3ccc(C(F)(F)F)cc3n2)c1. The molecule has 0 saturated heterocycles. The number of fused-ring (bicyclic) bond motifs is 1. The largest absolute Gasteiger partial charge is 0.507 e. The summed E-state index contributed by atoms with van der Waals surface area (Å²) in [5, 5.41) is 20.9. The molecule has 5 rings (SSSR count). The lowest BCUT2D eigenvalue weighted by Crippen LogP contribution is -2.25. The van der Waals surface area contributed by atoms with Crippen LogP contribution in [0.1, 0.15) is 77.1 Å². The van der Waals surface area contributed by atoms with E-state index in [0.717, 1.165) is 35.2 Å². The maximum atomic E-state index is 13.5. The van der Waals surface area contributed by atoms with E-state index < -0.39 is 17.2 Å². The Balaban J connectivity index is 1.72. The second-order valence-electron chi connectivity index (χ2n) is 13.7. The summed E-state index contributed by atoms with van der Waals surface area (Å²) >= 11 is 0. The molecule has 4 aromatic carbocycles. The first-order valence-corrected chi connectivity index (χ1v) is 14.4. The molecular weight excluding hydrogens is 547 g/mol. The van der Waals surface area contributed by atoms with Crippen LogP contribution in [0.25, 0.3) is 27.8 Å². The van der Waals surface area contributed by atoms with E-state index in [1.165, 1.54) is 10.9 Å². The Kier molecular flexibility index (Phi) is 7.44. The standard InChI is InChI=1S/C36H38F3N3O/c1-33(2,3)22-34(4,5)24-16-18-26(27-14-11-15-28(32(27)43)35(6,7)23-12-9-8-10-13-23)31(21-24)42-40-29-19-17-25(36(37,38)39)20-30(29)41-42/h8-21,43H,22H2,1-7H3. The van der Waals surface area contributed by atoms with Gasteiger partial charge in [-0.25, -0.2) is 0 Å². The second kappa shape index (κ2) is 10.5. The number of benzene rings is 4. The molecular formula is C36H38F3N3O. The first-order chi connectivity index (χ1) is 20.0. The predicted molar refractivity (Wildman–Crippen MR) is 167 cm³/mol. The Morgan fingerprint density at radius 1 is 0.651 bits per heavy atom. The Morgan fingerprint density at radius 3 is 1.95 bits per heavy atom. The predicted octanol–water partition coefficient (Wildman–Crippen LogP) is 9.85. The third-order valence-corrected chi connectivity index (χ3v) is 8.17. The molecule has 0 saturated carbocycles. The zero-order valence-electron chi connectivity index (χ0n) is 25.7. The van der Waals surface area contributed by atoms with E-state index in [0.29, 0.717) is 22.3 Å². The molecule has 43 heavy (non-hydrogen) atoms. The Bertz CT molecular complexity index is 1780. The number of rotatable bonds is 6. The highest BCUT2D eigenvalue weighted by Gasteiger charge is 2.32. The number of phenolic OH excluding ortho intramolecular Hbond substituents is 1. The van der Waals surface area contributed by atoms with Gasteiger partial charge in [0.15, 0.2) is 0 Å². The van der Waals surface area contributed by atoms with E-state index in [-0.39, 0.29) is 22.1 Å². The van der Waals surface area contributed by atoms with Crippen LogP contribution in [0.15, 0.2) is 84.9 Å². The molecule has 0 spiro atoms. The molecule has 1 heterocycles. The van der Waals surface area contributed by atoms with Crippen LogP contribution in [0.4, 0.5) is 13.2 Å². The molecule has 0 fully saturated rings. The van der Waals surface area contributed by atoms with Gasteiger partial charge in [0.1, 0.15) is 16.8 Å². The summed E-state index contributed by atoms with van der Waals surface area (Å²) < 4.78 is 40.4. The smallest absolute Gasteiger partial charge is 0.416 e. The quantitative estimate of drug-likeness (QED) is 0.216. The van der Waals surface area contributed by atoms with Gasteiger partial charge in [0, 0.05) is 22.1 Å². The van der Waals surface area contributed by atoms with Crippen molar-refractivity contribution in [2.75, 3.05) is 0 Å². The lowest BCUT2D eigenvalue weighted by molar-refractivity contribution is -0.137. The van der Waals surface area contributed by atoms with Crippen LogP contribution in [-0.2, 0) is 17.0 Å². The Morgan fingerprint density at radius 2 is 1.30 bits per heavy atom. The molecule has 1 N–H and O–H groups in total. The van der Waals surface area contributed by atoms with Crippen LogP contribution < -0.4 is 0 Å². The van der Waals surface area contributed by atoms with E-state index in [9.17, 15) is 18.3 Å². The van der Waals surface area contributed by atoms with Gasteiger partial charge in [0.05, 0.1) is 11.3 Å². The molecule has 0 radical (unpaired) electrons. The van der Waals surface area contributed by atoms with Crippen molar-refractivity contribution in [2.24, 2.45) is 5.41 Å². The third-order valence-electron chi connectivity index (χ3n) is 8.17. The number of hydrogen-bond acceptors (Lipinski definition) is 3. The maximum absolute atomic E-state index is 13.5. The van der Waals surface area contributed by atoms with Gasteiger partial charge in [0.2, 0.25) is 0 Å². The van der Waals surface area contributed by atoms with E-state index in [4.69, 9.17) is 0 Å². The van der Waals surface area contributed by atoms with Crippen LogP contribution in [0.5, 0.6) is 5.75 Å². The minimum absolute atomic E-state index is 0.0601. The third kappa shape index (κ3) is 6.03. The van der Waals surface area contributed by atoms with Crippen molar-refractivity contribution >= 4 is 11.0 Å². The zero-order chi connectivity index (χ0) is 31.4. The zero-order valence-corrected chi connectivity index (χ0v) is 25.7. The number of aromatic nitrogens is 3. The Labute approximate surface area is 251 Å². The average molecular weight is 586 g/mol.